The maximum absolute atomic E-state index is 13.1. The van der Waals surface area contributed by atoms with E-state index in [1.807, 2.05) is 13.1 Å². The quantitative estimate of drug-likeness (QED) is 0.797. The molecule has 1 saturated heterocycles. The molecule has 1 aromatic carbocycles. The average molecular weight is 208 g/mol. The van der Waals surface area contributed by atoms with E-state index < -0.39 is 0 Å². The number of hydrogen-bond acceptors (Lipinski definition) is 2. The minimum atomic E-state index is -0.145. The summed E-state index contributed by atoms with van der Waals surface area (Å²) >= 11 is 0. The van der Waals surface area contributed by atoms with E-state index in [9.17, 15) is 4.39 Å². The van der Waals surface area contributed by atoms with Crippen molar-refractivity contribution >= 4 is 0 Å². The molecule has 1 aliphatic heterocycles. The van der Waals surface area contributed by atoms with Gasteiger partial charge in [0.05, 0.1) is 0 Å². The van der Waals surface area contributed by atoms with Crippen molar-refractivity contribution < 1.29 is 4.39 Å². The first-order chi connectivity index (χ1) is 7.20. The average Bonchev–Trinajstić information content (AvgIpc) is 2.60. The number of nitrogens with one attached hydrogen (secondary N) is 1. The highest BCUT2D eigenvalue weighted by Gasteiger charge is 2.29. The van der Waals surface area contributed by atoms with Crippen molar-refractivity contribution in [3.05, 3.63) is 35.6 Å². The van der Waals surface area contributed by atoms with E-state index >= 15 is 0 Å². The first-order valence-corrected chi connectivity index (χ1v) is 5.33. The summed E-state index contributed by atoms with van der Waals surface area (Å²) in [6.07, 6.45) is 1.05. The van der Waals surface area contributed by atoms with Crippen LogP contribution in [0.5, 0.6) is 0 Å². The van der Waals surface area contributed by atoms with Crippen LogP contribution in [0.4, 0.5) is 4.39 Å². The molecule has 0 saturated carbocycles. The fourth-order valence-corrected chi connectivity index (χ4v) is 2.31. The Morgan fingerprint density at radius 3 is 2.87 bits per heavy atom. The van der Waals surface area contributed by atoms with Crippen molar-refractivity contribution in [3.8, 4) is 0 Å². The highest BCUT2D eigenvalue weighted by atomic mass is 19.1. The largest absolute Gasteiger partial charge is 0.316 e. The normalized spacial score (nSPS) is 27.1. The van der Waals surface area contributed by atoms with Crippen LogP contribution in [0.25, 0.3) is 0 Å². The molecule has 1 N–H and O–H groups in total. The number of hydrogen-bond donors (Lipinski definition) is 1. The summed E-state index contributed by atoms with van der Waals surface area (Å²) in [4.78, 5) is 2.27. The van der Waals surface area contributed by atoms with Crippen LogP contribution < -0.4 is 5.32 Å². The highest BCUT2D eigenvalue weighted by Crippen LogP contribution is 2.30. The summed E-state index contributed by atoms with van der Waals surface area (Å²) in [6.45, 7) is 1.03. The Kier molecular flexibility index (Phi) is 3.03. The molecule has 0 bridgehead atoms. The molecule has 2 atom stereocenters. The van der Waals surface area contributed by atoms with Gasteiger partial charge >= 0.3 is 0 Å². The lowest BCUT2D eigenvalue weighted by atomic mass is 10.0. The van der Waals surface area contributed by atoms with Crippen LogP contribution in [0, 0.1) is 5.82 Å². The zero-order chi connectivity index (χ0) is 10.8. The van der Waals surface area contributed by atoms with E-state index in [4.69, 9.17) is 0 Å². The summed E-state index contributed by atoms with van der Waals surface area (Å²) in [5.74, 6) is -0.145. The van der Waals surface area contributed by atoms with Crippen LogP contribution in [0.1, 0.15) is 18.0 Å². The smallest absolute Gasteiger partial charge is 0.123 e. The summed E-state index contributed by atoms with van der Waals surface area (Å²) in [6, 6.07) is 7.78. The lowest BCUT2D eigenvalue weighted by molar-refractivity contribution is 0.314. The van der Waals surface area contributed by atoms with Crippen molar-refractivity contribution in [3.63, 3.8) is 0 Å². The van der Waals surface area contributed by atoms with Crippen molar-refractivity contribution in [2.75, 3.05) is 20.6 Å². The van der Waals surface area contributed by atoms with Gasteiger partial charge in [-0.15, -0.1) is 0 Å². The third-order valence-corrected chi connectivity index (χ3v) is 3.19. The van der Waals surface area contributed by atoms with Gasteiger partial charge in [-0.3, -0.25) is 4.90 Å². The molecular weight excluding hydrogens is 191 g/mol. The molecule has 0 radical (unpaired) electrons. The standard InChI is InChI=1S/C12H17FN2/c1-14-11-7-12(15(2)8-11)9-4-3-5-10(13)6-9/h3-6,11-12,14H,7-8H2,1-2H3. The second-order valence-electron chi connectivity index (χ2n) is 4.23. The minimum Gasteiger partial charge on any atom is -0.316 e. The fraction of sp³-hybridized carbons (Fsp3) is 0.500. The van der Waals surface area contributed by atoms with Crippen molar-refractivity contribution in [2.24, 2.45) is 0 Å². The van der Waals surface area contributed by atoms with Gasteiger partial charge in [-0.1, -0.05) is 12.1 Å². The molecule has 0 spiro atoms. The van der Waals surface area contributed by atoms with Gasteiger partial charge in [0.25, 0.3) is 0 Å². The Labute approximate surface area is 90.1 Å². The van der Waals surface area contributed by atoms with Crippen LogP contribution in [-0.4, -0.2) is 31.6 Å². The van der Waals surface area contributed by atoms with E-state index in [0.29, 0.717) is 12.1 Å². The van der Waals surface area contributed by atoms with Crippen LogP contribution in [0.2, 0.25) is 0 Å². The number of halogens is 1. The van der Waals surface area contributed by atoms with E-state index in [2.05, 4.69) is 17.3 Å². The zero-order valence-electron chi connectivity index (χ0n) is 9.20. The molecule has 0 amide bonds. The van der Waals surface area contributed by atoms with Crippen LogP contribution in [-0.2, 0) is 0 Å². The van der Waals surface area contributed by atoms with Gasteiger partial charge < -0.3 is 5.32 Å². The summed E-state index contributed by atoms with van der Waals surface area (Å²) in [7, 11) is 4.07. The van der Waals surface area contributed by atoms with Gasteiger partial charge in [0.1, 0.15) is 5.82 Å². The number of rotatable bonds is 2. The molecular formula is C12H17FN2. The number of likely N-dealkylation sites (N-methyl/N-ethyl adjacent to an activating group) is 2. The molecule has 2 nitrogen and oxygen atoms in total. The second kappa shape index (κ2) is 4.29. The van der Waals surface area contributed by atoms with Gasteiger partial charge in [0, 0.05) is 18.6 Å². The van der Waals surface area contributed by atoms with Gasteiger partial charge in [0.15, 0.2) is 0 Å². The van der Waals surface area contributed by atoms with E-state index in [-0.39, 0.29) is 5.82 Å². The summed E-state index contributed by atoms with van der Waals surface area (Å²) in [5.41, 5.74) is 1.08. The topological polar surface area (TPSA) is 15.3 Å². The van der Waals surface area contributed by atoms with Gasteiger partial charge in [-0.25, -0.2) is 4.39 Å². The lowest BCUT2D eigenvalue weighted by Crippen LogP contribution is -2.27. The van der Waals surface area contributed by atoms with Crippen LogP contribution in [0.15, 0.2) is 24.3 Å². The zero-order valence-corrected chi connectivity index (χ0v) is 9.20. The van der Waals surface area contributed by atoms with E-state index in [1.54, 1.807) is 12.1 Å². The second-order valence-corrected chi connectivity index (χ2v) is 4.23. The molecule has 2 unspecified atom stereocenters. The molecule has 0 aromatic heterocycles. The van der Waals surface area contributed by atoms with Crippen molar-refractivity contribution in [1.82, 2.24) is 10.2 Å². The van der Waals surface area contributed by atoms with Crippen molar-refractivity contribution in [1.29, 1.82) is 0 Å². The third-order valence-electron chi connectivity index (χ3n) is 3.19. The number of likely N-dealkylation sites (tertiary alicyclic amines) is 1. The molecule has 1 heterocycles. The Bertz CT molecular complexity index is 340. The predicted octanol–water partition coefficient (Wildman–Crippen LogP) is 1.79. The fourth-order valence-electron chi connectivity index (χ4n) is 2.31. The monoisotopic (exact) mass is 208 g/mol. The molecule has 82 valence electrons. The summed E-state index contributed by atoms with van der Waals surface area (Å²) in [5, 5.41) is 3.27. The SMILES string of the molecule is CNC1CC(c2cccc(F)c2)N(C)C1. The van der Waals surface area contributed by atoms with Crippen molar-refractivity contribution in [2.45, 2.75) is 18.5 Å². The maximum Gasteiger partial charge on any atom is 0.123 e. The molecule has 3 heteroatoms. The van der Waals surface area contributed by atoms with Gasteiger partial charge in [0.2, 0.25) is 0 Å². The first-order valence-electron chi connectivity index (χ1n) is 5.33. The van der Waals surface area contributed by atoms with Crippen LogP contribution >= 0.6 is 0 Å². The number of nitrogens with zero attached hydrogens (tertiary/aromatic N) is 1. The lowest BCUT2D eigenvalue weighted by Gasteiger charge is -2.19. The van der Waals surface area contributed by atoms with Gasteiger partial charge in [-0.2, -0.15) is 0 Å². The first kappa shape index (κ1) is 10.6. The Morgan fingerprint density at radius 2 is 2.27 bits per heavy atom. The maximum atomic E-state index is 13.1. The minimum absolute atomic E-state index is 0.145. The van der Waals surface area contributed by atoms with Crippen LogP contribution in [0.3, 0.4) is 0 Å². The Morgan fingerprint density at radius 1 is 1.47 bits per heavy atom. The molecule has 0 aliphatic carbocycles. The highest BCUT2D eigenvalue weighted by molar-refractivity contribution is 5.21. The van der Waals surface area contributed by atoms with E-state index in [1.165, 1.54) is 6.07 Å². The van der Waals surface area contributed by atoms with E-state index in [0.717, 1.165) is 18.5 Å². The Balaban J connectivity index is 2.17. The predicted molar refractivity (Wildman–Crippen MR) is 59.2 cm³/mol. The third kappa shape index (κ3) is 2.19. The molecule has 1 aliphatic rings. The molecule has 15 heavy (non-hydrogen) atoms. The Hall–Kier alpha value is -0.930. The summed E-state index contributed by atoms with van der Waals surface area (Å²) < 4.78 is 13.1. The van der Waals surface area contributed by atoms with Gasteiger partial charge in [-0.05, 0) is 38.2 Å². The number of benzene rings is 1. The molecule has 1 fully saturated rings. The molecule has 1 aromatic rings. The molecule has 2 rings (SSSR count).